The number of carbonyl (C=O) groups excluding carboxylic acids is 1. The number of anilines is 1. The van der Waals surface area contributed by atoms with Crippen molar-refractivity contribution in [2.45, 2.75) is 13.0 Å². The van der Waals surface area contributed by atoms with Gasteiger partial charge in [-0.2, -0.15) is 0 Å². The van der Waals surface area contributed by atoms with Crippen LogP contribution >= 0.6 is 11.3 Å². The van der Waals surface area contributed by atoms with Gasteiger partial charge in [0.25, 0.3) is 0 Å². The van der Waals surface area contributed by atoms with Crippen LogP contribution in [0.3, 0.4) is 0 Å². The molecule has 2 aromatic heterocycles. The van der Waals surface area contributed by atoms with Gasteiger partial charge in [-0.25, -0.2) is 14.8 Å². The smallest absolute Gasteiger partial charge is 0.319 e. The highest BCUT2D eigenvalue weighted by Crippen LogP contribution is 2.31. The molecule has 0 unspecified atom stereocenters. The number of rotatable bonds is 6. The number of nitrogens with zero attached hydrogens (tertiary/aromatic N) is 3. The van der Waals surface area contributed by atoms with Crippen LogP contribution in [0.1, 0.15) is 6.42 Å². The second-order valence-electron chi connectivity index (χ2n) is 6.10. The first-order chi connectivity index (χ1) is 13.3. The van der Waals surface area contributed by atoms with Gasteiger partial charge in [0, 0.05) is 36.7 Å². The molecule has 2 heterocycles. The van der Waals surface area contributed by atoms with E-state index in [-0.39, 0.29) is 6.03 Å². The van der Waals surface area contributed by atoms with Crippen LogP contribution < -0.4 is 10.6 Å². The van der Waals surface area contributed by atoms with E-state index in [0.29, 0.717) is 6.54 Å². The SMILES string of the molecule is O=C(NCCCn1ccnc1)Nc1cccc(-c2nc3ccccc3s2)c1. The molecule has 6 nitrogen and oxygen atoms in total. The molecule has 0 spiro atoms. The number of aromatic nitrogens is 3. The Morgan fingerprint density at radius 3 is 2.93 bits per heavy atom. The van der Waals surface area contributed by atoms with E-state index in [9.17, 15) is 4.79 Å². The molecular weight excluding hydrogens is 358 g/mol. The molecule has 2 aromatic carbocycles. The van der Waals surface area contributed by atoms with Crippen LogP contribution in [-0.4, -0.2) is 27.1 Å². The van der Waals surface area contributed by atoms with Crippen LogP contribution in [0.15, 0.2) is 67.3 Å². The molecule has 0 radical (unpaired) electrons. The van der Waals surface area contributed by atoms with E-state index in [1.165, 1.54) is 0 Å². The zero-order valence-corrected chi connectivity index (χ0v) is 15.4. The summed E-state index contributed by atoms with van der Waals surface area (Å²) in [6.07, 6.45) is 6.27. The number of fused-ring (bicyclic) bond motifs is 1. The van der Waals surface area contributed by atoms with Gasteiger partial charge in [-0.3, -0.25) is 0 Å². The average molecular weight is 377 g/mol. The van der Waals surface area contributed by atoms with Crippen LogP contribution in [0.2, 0.25) is 0 Å². The van der Waals surface area contributed by atoms with Crippen LogP contribution in [0.4, 0.5) is 10.5 Å². The fraction of sp³-hybridized carbons (Fsp3) is 0.150. The summed E-state index contributed by atoms with van der Waals surface area (Å²) >= 11 is 1.65. The third-order valence-corrected chi connectivity index (χ3v) is 5.18. The van der Waals surface area contributed by atoms with Gasteiger partial charge < -0.3 is 15.2 Å². The molecule has 0 atom stereocenters. The van der Waals surface area contributed by atoms with Crippen LogP contribution in [0.25, 0.3) is 20.8 Å². The van der Waals surface area contributed by atoms with Gasteiger partial charge in [0.05, 0.1) is 16.5 Å². The molecule has 4 aromatic rings. The topological polar surface area (TPSA) is 71.8 Å². The highest BCUT2D eigenvalue weighted by atomic mass is 32.1. The Kier molecular flexibility index (Phi) is 5.11. The number of benzene rings is 2. The van der Waals surface area contributed by atoms with Crippen molar-refractivity contribution in [2.24, 2.45) is 0 Å². The normalized spacial score (nSPS) is 10.8. The maximum atomic E-state index is 12.1. The largest absolute Gasteiger partial charge is 0.338 e. The van der Waals surface area contributed by atoms with Crippen molar-refractivity contribution < 1.29 is 4.79 Å². The average Bonchev–Trinajstić information content (AvgIpc) is 3.35. The van der Waals surface area contributed by atoms with E-state index < -0.39 is 0 Å². The summed E-state index contributed by atoms with van der Waals surface area (Å²) in [5.41, 5.74) is 2.74. The van der Waals surface area contributed by atoms with Crippen LogP contribution in [0.5, 0.6) is 0 Å². The molecular formula is C20H19N5OS. The first kappa shape index (κ1) is 17.2. The van der Waals surface area contributed by atoms with E-state index >= 15 is 0 Å². The molecule has 0 aliphatic rings. The maximum Gasteiger partial charge on any atom is 0.319 e. The fourth-order valence-electron chi connectivity index (χ4n) is 2.78. The number of thiazole rings is 1. The lowest BCUT2D eigenvalue weighted by Gasteiger charge is -2.08. The summed E-state index contributed by atoms with van der Waals surface area (Å²) in [5, 5.41) is 6.71. The predicted octanol–water partition coefficient (Wildman–Crippen LogP) is 4.37. The zero-order chi connectivity index (χ0) is 18.5. The second kappa shape index (κ2) is 8.01. The van der Waals surface area contributed by atoms with Gasteiger partial charge in [0.1, 0.15) is 5.01 Å². The number of aryl methyl sites for hydroxylation is 1. The Hall–Kier alpha value is -3.19. The predicted molar refractivity (Wildman–Crippen MR) is 109 cm³/mol. The van der Waals surface area contributed by atoms with Crippen molar-refractivity contribution in [3.8, 4) is 10.6 Å². The monoisotopic (exact) mass is 377 g/mol. The van der Waals surface area contributed by atoms with E-state index in [1.54, 1.807) is 23.9 Å². The highest BCUT2D eigenvalue weighted by molar-refractivity contribution is 7.21. The van der Waals surface area contributed by atoms with Gasteiger partial charge in [0.15, 0.2) is 0 Å². The summed E-state index contributed by atoms with van der Waals surface area (Å²) < 4.78 is 3.14. The van der Waals surface area contributed by atoms with Crippen LogP contribution in [0, 0.1) is 0 Å². The van der Waals surface area contributed by atoms with Gasteiger partial charge in [-0.05, 0) is 30.7 Å². The minimum atomic E-state index is -0.206. The lowest BCUT2D eigenvalue weighted by molar-refractivity contribution is 0.252. The lowest BCUT2D eigenvalue weighted by atomic mass is 10.2. The first-order valence-corrected chi connectivity index (χ1v) is 9.56. The van der Waals surface area contributed by atoms with Gasteiger partial charge in [-0.1, -0.05) is 24.3 Å². The molecule has 2 amide bonds. The molecule has 27 heavy (non-hydrogen) atoms. The van der Waals surface area contributed by atoms with E-state index in [4.69, 9.17) is 0 Å². The zero-order valence-electron chi connectivity index (χ0n) is 14.6. The Balaban J connectivity index is 1.35. The van der Waals surface area contributed by atoms with Crippen LogP contribution in [-0.2, 0) is 6.54 Å². The summed E-state index contributed by atoms with van der Waals surface area (Å²) in [7, 11) is 0. The summed E-state index contributed by atoms with van der Waals surface area (Å²) in [4.78, 5) is 20.8. The Labute approximate surface area is 160 Å². The van der Waals surface area contributed by atoms with Gasteiger partial charge in [0.2, 0.25) is 0 Å². The molecule has 0 saturated carbocycles. The summed E-state index contributed by atoms with van der Waals surface area (Å²) in [6, 6.07) is 15.6. The fourth-order valence-corrected chi connectivity index (χ4v) is 3.75. The number of amides is 2. The summed E-state index contributed by atoms with van der Waals surface area (Å²) in [6.45, 7) is 1.43. The number of hydrogen-bond acceptors (Lipinski definition) is 4. The quantitative estimate of drug-likeness (QED) is 0.490. The number of carbonyl (C=O) groups is 1. The molecule has 0 saturated heterocycles. The Morgan fingerprint density at radius 2 is 2.07 bits per heavy atom. The van der Waals surface area contributed by atoms with Crippen molar-refractivity contribution in [1.29, 1.82) is 0 Å². The van der Waals surface area contributed by atoms with Gasteiger partial charge in [-0.15, -0.1) is 11.3 Å². The van der Waals surface area contributed by atoms with E-state index in [0.717, 1.165) is 39.4 Å². The number of urea groups is 1. The van der Waals surface area contributed by atoms with Crippen molar-refractivity contribution in [3.63, 3.8) is 0 Å². The molecule has 4 rings (SSSR count). The maximum absolute atomic E-state index is 12.1. The molecule has 7 heteroatoms. The molecule has 0 fully saturated rings. The number of hydrogen-bond donors (Lipinski definition) is 2. The van der Waals surface area contributed by atoms with Gasteiger partial charge >= 0.3 is 6.03 Å². The Bertz CT molecular complexity index is 1010. The summed E-state index contributed by atoms with van der Waals surface area (Å²) in [5.74, 6) is 0. The standard InChI is InChI=1S/C20H19N5OS/c26-20(22-9-4-11-25-12-10-21-14-25)23-16-6-3-5-15(13-16)19-24-17-7-1-2-8-18(17)27-19/h1-3,5-8,10,12-14H,4,9,11H2,(H2,22,23,26). The highest BCUT2D eigenvalue weighted by Gasteiger charge is 2.08. The first-order valence-electron chi connectivity index (χ1n) is 8.74. The molecule has 0 aliphatic heterocycles. The third-order valence-electron chi connectivity index (χ3n) is 4.10. The number of nitrogens with one attached hydrogen (secondary N) is 2. The molecule has 2 N–H and O–H groups in total. The molecule has 136 valence electrons. The molecule has 0 aliphatic carbocycles. The van der Waals surface area contributed by atoms with Crippen molar-refractivity contribution >= 4 is 33.3 Å². The van der Waals surface area contributed by atoms with Crippen molar-refractivity contribution in [1.82, 2.24) is 19.9 Å². The Morgan fingerprint density at radius 1 is 1.15 bits per heavy atom. The number of imidazole rings is 1. The second-order valence-corrected chi connectivity index (χ2v) is 7.13. The minimum absolute atomic E-state index is 0.206. The molecule has 0 bridgehead atoms. The van der Waals surface area contributed by atoms with Crippen molar-refractivity contribution in [3.05, 3.63) is 67.3 Å². The number of para-hydroxylation sites is 1. The minimum Gasteiger partial charge on any atom is -0.338 e. The lowest BCUT2D eigenvalue weighted by Crippen LogP contribution is -2.30. The van der Waals surface area contributed by atoms with E-state index in [2.05, 4.69) is 26.7 Å². The van der Waals surface area contributed by atoms with E-state index in [1.807, 2.05) is 53.2 Å². The third kappa shape index (κ3) is 4.32. The van der Waals surface area contributed by atoms with Crippen molar-refractivity contribution in [2.75, 3.05) is 11.9 Å².